The van der Waals surface area contributed by atoms with Gasteiger partial charge in [0.15, 0.2) is 0 Å². The second-order valence-electron chi connectivity index (χ2n) is 9.55. The number of hydrogen-bond donors (Lipinski definition) is 1. The van der Waals surface area contributed by atoms with Gasteiger partial charge in [-0.25, -0.2) is 18.2 Å². The van der Waals surface area contributed by atoms with Crippen molar-refractivity contribution < 1.29 is 18.0 Å². The van der Waals surface area contributed by atoms with Gasteiger partial charge in [-0.1, -0.05) is 32.9 Å². The van der Waals surface area contributed by atoms with Crippen molar-refractivity contribution in [2.24, 2.45) is 0 Å². The normalized spacial score (nSPS) is 14.5. The molecule has 0 unspecified atom stereocenters. The van der Waals surface area contributed by atoms with Crippen molar-refractivity contribution in [1.82, 2.24) is 14.9 Å². The molecule has 0 radical (unpaired) electrons. The average Bonchev–Trinajstić information content (AvgIpc) is 3.09. The van der Waals surface area contributed by atoms with E-state index in [1.165, 1.54) is 18.3 Å². The summed E-state index contributed by atoms with van der Waals surface area (Å²) in [5, 5.41) is 3.21. The molecule has 8 heteroatoms. The van der Waals surface area contributed by atoms with Crippen LogP contribution in [0.3, 0.4) is 0 Å². The number of pyridine rings is 2. The van der Waals surface area contributed by atoms with Crippen LogP contribution in [0.25, 0.3) is 11.1 Å². The van der Waals surface area contributed by atoms with E-state index < -0.39 is 18.9 Å². The molecule has 0 bridgehead atoms. The van der Waals surface area contributed by atoms with E-state index in [4.69, 9.17) is 0 Å². The maximum atomic E-state index is 15.1. The van der Waals surface area contributed by atoms with E-state index in [9.17, 15) is 13.6 Å². The first-order valence-corrected chi connectivity index (χ1v) is 11.1. The smallest absolute Gasteiger partial charge is 0.255 e. The van der Waals surface area contributed by atoms with Crippen LogP contribution in [0.1, 0.15) is 60.9 Å². The van der Waals surface area contributed by atoms with Crippen molar-refractivity contribution in [1.29, 1.82) is 0 Å². The summed E-state index contributed by atoms with van der Waals surface area (Å²) in [6.45, 7) is 7.46. The summed E-state index contributed by atoms with van der Waals surface area (Å²) in [6, 6.07) is 9.94. The third-order valence-electron chi connectivity index (χ3n) is 5.97. The standard InChI is InChI=1S/C26H27F3N4O/c1-15(32-24-20-13-33(14-23(28)29)25(34)19(20)8-10-31-24)16-5-6-18(21(27)11-16)17-7-9-30-22(12-17)26(2,3)4/h5-12,15,23H,13-14H2,1-4H3,(H,31,32)/t15-/m0/s1. The van der Waals surface area contributed by atoms with Crippen molar-refractivity contribution in [3.05, 3.63) is 77.0 Å². The maximum absolute atomic E-state index is 15.1. The predicted molar refractivity (Wildman–Crippen MR) is 125 cm³/mol. The topological polar surface area (TPSA) is 58.1 Å². The first kappa shape index (κ1) is 23.7. The van der Waals surface area contributed by atoms with Crippen LogP contribution in [-0.2, 0) is 12.0 Å². The summed E-state index contributed by atoms with van der Waals surface area (Å²) in [7, 11) is 0. The van der Waals surface area contributed by atoms with Crippen LogP contribution in [0.5, 0.6) is 0 Å². The van der Waals surface area contributed by atoms with Crippen molar-refractivity contribution in [3.63, 3.8) is 0 Å². The van der Waals surface area contributed by atoms with Crippen molar-refractivity contribution in [2.75, 3.05) is 11.9 Å². The molecule has 4 rings (SSSR count). The lowest BCUT2D eigenvalue weighted by molar-refractivity contribution is 0.0577. The maximum Gasteiger partial charge on any atom is 0.255 e. The molecule has 0 spiro atoms. The lowest BCUT2D eigenvalue weighted by Crippen LogP contribution is -2.29. The number of benzene rings is 1. The molecule has 1 aliphatic rings. The van der Waals surface area contributed by atoms with E-state index in [-0.39, 0.29) is 23.8 Å². The average molecular weight is 469 g/mol. The molecule has 1 aliphatic heterocycles. The molecule has 1 aromatic carbocycles. The highest BCUT2D eigenvalue weighted by Crippen LogP contribution is 2.32. The quantitative estimate of drug-likeness (QED) is 0.484. The predicted octanol–water partition coefficient (Wildman–Crippen LogP) is 5.97. The van der Waals surface area contributed by atoms with E-state index in [2.05, 4.69) is 36.1 Å². The monoisotopic (exact) mass is 468 g/mol. The number of halogens is 3. The van der Waals surface area contributed by atoms with E-state index in [0.29, 0.717) is 28.1 Å². The number of carbonyl (C=O) groups is 1. The number of alkyl halides is 2. The number of aromatic nitrogens is 2. The molecule has 34 heavy (non-hydrogen) atoms. The van der Waals surface area contributed by atoms with Crippen molar-refractivity contribution in [2.45, 2.75) is 52.1 Å². The summed E-state index contributed by atoms with van der Waals surface area (Å²) >= 11 is 0. The molecule has 0 fully saturated rings. The third kappa shape index (κ3) is 4.76. The molecule has 0 saturated carbocycles. The highest BCUT2D eigenvalue weighted by molar-refractivity contribution is 5.99. The lowest BCUT2D eigenvalue weighted by atomic mass is 9.89. The van der Waals surface area contributed by atoms with Crippen molar-refractivity contribution >= 4 is 11.7 Å². The van der Waals surface area contributed by atoms with E-state index in [0.717, 1.165) is 16.2 Å². The van der Waals surface area contributed by atoms with Gasteiger partial charge in [0.2, 0.25) is 0 Å². The molecule has 178 valence electrons. The minimum atomic E-state index is -2.61. The van der Waals surface area contributed by atoms with Gasteiger partial charge in [0.1, 0.15) is 11.6 Å². The summed E-state index contributed by atoms with van der Waals surface area (Å²) < 4.78 is 40.8. The molecule has 0 aliphatic carbocycles. The highest BCUT2D eigenvalue weighted by atomic mass is 19.3. The van der Waals surface area contributed by atoms with Crippen LogP contribution >= 0.6 is 0 Å². The molecule has 1 N–H and O–H groups in total. The molecule has 3 heterocycles. The second-order valence-corrected chi connectivity index (χ2v) is 9.55. The molecule has 2 aromatic heterocycles. The number of hydrogen-bond acceptors (Lipinski definition) is 4. The minimum Gasteiger partial charge on any atom is -0.363 e. The van der Waals surface area contributed by atoms with Crippen LogP contribution in [0.4, 0.5) is 19.0 Å². The van der Waals surface area contributed by atoms with Gasteiger partial charge in [-0.3, -0.25) is 9.78 Å². The Morgan fingerprint density at radius 2 is 1.79 bits per heavy atom. The summed E-state index contributed by atoms with van der Waals surface area (Å²) in [6.07, 6.45) is 0.550. The first-order valence-electron chi connectivity index (χ1n) is 11.1. The summed E-state index contributed by atoms with van der Waals surface area (Å²) in [4.78, 5) is 22.2. The fourth-order valence-corrected chi connectivity index (χ4v) is 4.06. The Hall–Kier alpha value is -3.42. The van der Waals surface area contributed by atoms with Crippen LogP contribution in [0, 0.1) is 5.82 Å². The molecular formula is C26H27F3N4O. The Labute approximate surface area is 197 Å². The van der Waals surface area contributed by atoms with Crippen LogP contribution in [0.15, 0.2) is 48.8 Å². The molecule has 5 nitrogen and oxygen atoms in total. The second kappa shape index (κ2) is 9.08. The Morgan fingerprint density at radius 3 is 2.47 bits per heavy atom. The van der Waals surface area contributed by atoms with Gasteiger partial charge in [0, 0.05) is 40.2 Å². The number of carbonyl (C=O) groups excluding carboxylic acids is 1. The van der Waals surface area contributed by atoms with Crippen LogP contribution in [-0.4, -0.2) is 33.7 Å². The van der Waals surface area contributed by atoms with Gasteiger partial charge in [-0.2, -0.15) is 0 Å². The number of anilines is 1. The third-order valence-corrected chi connectivity index (χ3v) is 5.97. The summed E-state index contributed by atoms with van der Waals surface area (Å²) in [5.74, 6) is -0.360. The van der Waals surface area contributed by atoms with E-state index >= 15 is 4.39 Å². The fourth-order valence-electron chi connectivity index (χ4n) is 4.06. The number of fused-ring (bicyclic) bond motifs is 1. The number of nitrogens with one attached hydrogen (secondary N) is 1. The highest BCUT2D eigenvalue weighted by Gasteiger charge is 2.32. The van der Waals surface area contributed by atoms with Gasteiger partial charge < -0.3 is 10.2 Å². The SMILES string of the molecule is C[C@H](Nc1nccc2c1CN(CC(F)F)C2=O)c1ccc(-c2ccnc(C(C)(C)C)c2)c(F)c1. The van der Waals surface area contributed by atoms with E-state index in [1.807, 2.05) is 19.1 Å². The molecule has 3 aromatic rings. The fraction of sp³-hybridized carbons (Fsp3) is 0.346. The van der Waals surface area contributed by atoms with Gasteiger partial charge in [0.05, 0.1) is 19.1 Å². The largest absolute Gasteiger partial charge is 0.363 e. The Balaban J connectivity index is 1.56. The van der Waals surface area contributed by atoms with Crippen LogP contribution in [0.2, 0.25) is 0 Å². The number of nitrogens with zero attached hydrogens (tertiary/aromatic N) is 3. The lowest BCUT2D eigenvalue weighted by Gasteiger charge is -2.19. The Kier molecular flexibility index (Phi) is 6.34. The molecule has 1 atom stereocenters. The minimum absolute atomic E-state index is 0.0624. The van der Waals surface area contributed by atoms with E-state index in [1.54, 1.807) is 18.3 Å². The summed E-state index contributed by atoms with van der Waals surface area (Å²) in [5.41, 5.74) is 3.59. The Bertz CT molecular complexity index is 1220. The molecule has 1 amide bonds. The first-order chi connectivity index (χ1) is 16.0. The van der Waals surface area contributed by atoms with Gasteiger partial charge >= 0.3 is 0 Å². The van der Waals surface area contributed by atoms with Gasteiger partial charge in [0.25, 0.3) is 12.3 Å². The van der Waals surface area contributed by atoms with Crippen LogP contribution < -0.4 is 5.32 Å². The zero-order valence-electron chi connectivity index (χ0n) is 19.6. The molecular weight excluding hydrogens is 441 g/mol. The number of amides is 1. The zero-order chi connectivity index (χ0) is 24.6. The van der Waals surface area contributed by atoms with Gasteiger partial charge in [-0.15, -0.1) is 0 Å². The Morgan fingerprint density at radius 1 is 1.06 bits per heavy atom. The zero-order valence-corrected chi connectivity index (χ0v) is 19.6. The molecule has 0 saturated heterocycles. The van der Waals surface area contributed by atoms with Crippen molar-refractivity contribution in [3.8, 4) is 11.1 Å². The van der Waals surface area contributed by atoms with Gasteiger partial charge in [-0.05, 0) is 42.3 Å². The number of rotatable bonds is 6.